The van der Waals surface area contributed by atoms with E-state index < -0.39 is 0 Å². The van der Waals surface area contributed by atoms with E-state index in [0.717, 1.165) is 77.2 Å². The molecule has 2 saturated heterocycles. The maximum Gasteiger partial charge on any atom is 0.227 e. The zero-order valence-corrected chi connectivity index (χ0v) is 13.9. The van der Waals surface area contributed by atoms with Crippen molar-refractivity contribution in [2.75, 3.05) is 69.9 Å². The zero-order valence-electron chi connectivity index (χ0n) is 13.9. The number of hydrogen-bond donors (Lipinski definition) is 1. The largest absolute Gasteiger partial charge is 0.383 e. The van der Waals surface area contributed by atoms with Crippen LogP contribution in [0.5, 0.6) is 0 Å². The summed E-state index contributed by atoms with van der Waals surface area (Å²) in [6.07, 6.45) is 4.09. The summed E-state index contributed by atoms with van der Waals surface area (Å²) in [6, 6.07) is 2.30. The summed E-state index contributed by atoms with van der Waals surface area (Å²) in [5.41, 5.74) is 0. The van der Waals surface area contributed by atoms with Crippen LogP contribution in [0, 0.1) is 0 Å². The molecule has 0 saturated carbocycles. The van der Waals surface area contributed by atoms with E-state index in [0.29, 0.717) is 6.04 Å². The molecule has 0 bridgehead atoms. The third-order valence-corrected chi connectivity index (χ3v) is 4.42. The fourth-order valence-corrected chi connectivity index (χ4v) is 3.04. The lowest BCUT2D eigenvalue weighted by molar-refractivity contribution is 0.0875. The van der Waals surface area contributed by atoms with Gasteiger partial charge >= 0.3 is 0 Å². The summed E-state index contributed by atoms with van der Waals surface area (Å²) in [4.78, 5) is 13.8. The molecule has 2 aliphatic heterocycles. The Balaban J connectivity index is 1.53. The van der Waals surface area contributed by atoms with Crippen LogP contribution in [0.2, 0.25) is 0 Å². The summed E-state index contributed by atoms with van der Waals surface area (Å²) in [5, 5.41) is 3.47. The van der Waals surface area contributed by atoms with Crippen molar-refractivity contribution in [1.82, 2.24) is 14.9 Å². The fourth-order valence-electron chi connectivity index (χ4n) is 3.04. The van der Waals surface area contributed by atoms with Crippen LogP contribution in [-0.4, -0.2) is 80.6 Å². The smallest absolute Gasteiger partial charge is 0.227 e. The lowest BCUT2D eigenvalue weighted by atomic mass is 10.1. The molecule has 1 atom stereocenters. The monoisotopic (exact) mass is 321 g/mol. The van der Waals surface area contributed by atoms with E-state index in [1.54, 1.807) is 7.11 Å². The normalized spacial score (nSPS) is 23.0. The van der Waals surface area contributed by atoms with E-state index in [2.05, 4.69) is 25.1 Å². The second kappa shape index (κ2) is 8.42. The maximum absolute atomic E-state index is 5.51. The van der Waals surface area contributed by atoms with Gasteiger partial charge in [0, 0.05) is 52.6 Å². The molecule has 0 aliphatic carbocycles. The van der Waals surface area contributed by atoms with Gasteiger partial charge in [-0.25, -0.2) is 4.98 Å². The van der Waals surface area contributed by atoms with Crippen LogP contribution in [0.1, 0.15) is 12.8 Å². The molecule has 3 rings (SSSR count). The van der Waals surface area contributed by atoms with Gasteiger partial charge in [-0.1, -0.05) is 0 Å². The first kappa shape index (κ1) is 16.4. The Morgan fingerprint density at radius 2 is 2.22 bits per heavy atom. The standard InChI is InChI=1S/C16H27N5O2/c1-22-12-10-20-6-8-21(9-7-20)16-17-5-4-15(19-16)18-14-3-2-11-23-13-14/h4-5,14H,2-3,6-13H2,1H3,(H,17,18,19). The first-order chi connectivity index (χ1) is 11.3. The number of methoxy groups -OCH3 is 1. The van der Waals surface area contributed by atoms with E-state index in [4.69, 9.17) is 9.47 Å². The quantitative estimate of drug-likeness (QED) is 0.833. The van der Waals surface area contributed by atoms with E-state index in [9.17, 15) is 0 Å². The number of nitrogens with one attached hydrogen (secondary N) is 1. The van der Waals surface area contributed by atoms with Gasteiger partial charge in [0.05, 0.1) is 19.3 Å². The molecule has 1 unspecified atom stereocenters. The summed E-state index contributed by atoms with van der Waals surface area (Å²) >= 11 is 0. The molecule has 0 aromatic carbocycles. The predicted molar refractivity (Wildman–Crippen MR) is 90.0 cm³/mol. The number of piperazine rings is 1. The van der Waals surface area contributed by atoms with E-state index in [1.807, 2.05) is 12.3 Å². The van der Waals surface area contributed by atoms with Gasteiger partial charge in [-0.05, 0) is 18.9 Å². The van der Waals surface area contributed by atoms with Gasteiger partial charge in [-0.2, -0.15) is 4.98 Å². The van der Waals surface area contributed by atoms with Crippen LogP contribution in [0.4, 0.5) is 11.8 Å². The third-order valence-electron chi connectivity index (χ3n) is 4.42. The Morgan fingerprint density at radius 3 is 2.96 bits per heavy atom. The van der Waals surface area contributed by atoms with Crippen LogP contribution in [0.15, 0.2) is 12.3 Å². The second-order valence-electron chi connectivity index (χ2n) is 6.12. The topological polar surface area (TPSA) is 62.8 Å². The molecule has 0 radical (unpaired) electrons. The summed E-state index contributed by atoms with van der Waals surface area (Å²) in [6.45, 7) is 7.40. The molecule has 7 nitrogen and oxygen atoms in total. The van der Waals surface area contributed by atoms with Gasteiger partial charge in [0.1, 0.15) is 5.82 Å². The van der Waals surface area contributed by atoms with Crippen molar-refractivity contribution in [1.29, 1.82) is 0 Å². The minimum atomic E-state index is 0.359. The lowest BCUT2D eigenvalue weighted by Gasteiger charge is -2.34. The van der Waals surface area contributed by atoms with Crippen molar-refractivity contribution in [3.05, 3.63) is 12.3 Å². The number of hydrogen-bond acceptors (Lipinski definition) is 7. The molecule has 2 fully saturated rings. The highest BCUT2D eigenvalue weighted by molar-refractivity contribution is 5.42. The highest BCUT2D eigenvalue weighted by Gasteiger charge is 2.19. The van der Waals surface area contributed by atoms with Crippen molar-refractivity contribution >= 4 is 11.8 Å². The molecule has 2 aliphatic rings. The molecular weight excluding hydrogens is 294 g/mol. The average molecular weight is 321 g/mol. The molecule has 3 heterocycles. The Morgan fingerprint density at radius 1 is 1.35 bits per heavy atom. The summed E-state index contributed by atoms with van der Waals surface area (Å²) in [5.74, 6) is 1.71. The van der Waals surface area contributed by atoms with Gasteiger partial charge in [0.25, 0.3) is 0 Å². The predicted octanol–water partition coefficient (Wildman–Crippen LogP) is 0.836. The molecule has 128 valence electrons. The highest BCUT2D eigenvalue weighted by Crippen LogP contribution is 2.16. The Bertz CT molecular complexity index is 473. The van der Waals surface area contributed by atoms with Gasteiger partial charge in [-0.3, -0.25) is 4.90 Å². The van der Waals surface area contributed by atoms with E-state index in [1.165, 1.54) is 0 Å². The molecule has 1 aromatic rings. The average Bonchev–Trinajstić information content (AvgIpc) is 2.61. The highest BCUT2D eigenvalue weighted by atomic mass is 16.5. The minimum absolute atomic E-state index is 0.359. The fraction of sp³-hybridized carbons (Fsp3) is 0.750. The third kappa shape index (κ3) is 4.76. The van der Waals surface area contributed by atoms with Crippen LogP contribution >= 0.6 is 0 Å². The zero-order chi connectivity index (χ0) is 15.9. The number of ether oxygens (including phenoxy) is 2. The van der Waals surface area contributed by atoms with Crippen molar-refractivity contribution in [3.8, 4) is 0 Å². The molecule has 1 aromatic heterocycles. The SMILES string of the molecule is COCCN1CCN(c2nccc(NC3CCCOC3)n2)CC1. The summed E-state index contributed by atoms with van der Waals surface area (Å²) < 4.78 is 10.7. The van der Waals surface area contributed by atoms with Crippen LogP contribution in [0.25, 0.3) is 0 Å². The Kier molecular flexibility index (Phi) is 6.01. The minimum Gasteiger partial charge on any atom is -0.383 e. The summed E-state index contributed by atoms with van der Waals surface area (Å²) in [7, 11) is 1.75. The van der Waals surface area contributed by atoms with E-state index >= 15 is 0 Å². The lowest BCUT2D eigenvalue weighted by Crippen LogP contribution is -2.47. The number of nitrogens with zero attached hydrogens (tertiary/aromatic N) is 4. The van der Waals surface area contributed by atoms with Crippen LogP contribution < -0.4 is 10.2 Å². The van der Waals surface area contributed by atoms with Crippen molar-refractivity contribution < 1.29 is 9.47 Å². The van der Waals surface area contributed by atoms with Crippen LogP contribution in [-0.2, 0) is 9.47 Å². The van der Waals surface area contributed by atoms with Crippen molar-refractivity contribution in [3.63, 3.8) is 0 Å². The Labute approximate surface area is 138 Å². The molecule has 0 amide bonds. The van der Waals surface area contributed by atoms with Crippen molar-refractivity contribution in [2.45, 2.75) is 18.9 Å². The molecule has 23 heavy (non-hydrogen) atoms. The number of rotatable bonds is 6. The number of anilines is 2. The second-order valence-corrected chi connectivity index (χ2v) is 6.12. The first-order valence-electron chi connectivity index (χ1n) is 8.49. The molecule has 1 N–H and O–H groups in total. The van der Waals surface area contributed by atoms with Gasteiger partial charge < -0.3 is 19.7 Å². The number of aromatic nitrogens is 2. The van der Waals surface area contributed by atoms with Gasteiger partial charge in [-0.15, -0.1) is 0 Å². The molecule has 0 spiro atoms. The van der Waals surface area contributed by atoms with Gasteiger partial charge in [0.2, 0.25) is 5.95 Å². The van der Waals surface area contributed by atoms with Gasteiger partial charge in [0.15, 0.2) is 0 Å². The first-order valence-corrected chi connectivity index (χ1v) is 8.49. The molecular formula is C16H27N5O2. The Hall–Kier alpha value is -1.44. The van der Waals surface area contributed by atoms with E-state index in [-0.39, 0.29) is 0 Å². The maximum atomic E-state index is 5.51. The molecule has 7 heteroatoms. The van der Waals surface area contributed by atoms with Crippen LogP contribution in [0.3, 0.4) is 0 Å². The van der Waals surface area contributed by atoms with Crippen molar-refractivity contribution in [2.24, 2.45) is 0 Å².